The van der Waals surface area contributed by atoms with Gasteiger partial charge in [0.05, 0.1) is 0 Å². The maximum atomic E-state index is 13.4. The van der Waals surface area contributed by atoms with E-state index >= 15 is 0 Å². The van der Waals surface area contributed by atoms with Gasteiger partial charge in [-0.1, -0.05) is 6.07 Å². The molecule has 0 bridgehead atoms. The van der Waals surface area contributed by atoms with Crippen LogP contribution in [-0.2, 0) is 11.3 Å². The standard InChI is InChI=1S/C16H23FN2O/c1-12-7-14(9-15(17)8-12)11-19-5-3-13(4-6-19)10-16(20)18-2/h7-9,13H,3-6,10-11H2,1-2H3,(H,18,20). The van der Waals surface area contributed by atoms with E-state index in [2.05, 4.69) is 10.2 Å². The first kappa shape index (κ1) is 15.0. The van der Waals surface area contributed by atoms with Crippen LogP contribution in [0.3, 0.4) is 0 Å². The van der Waals surface area contributed by atoms with Crippen LogP contribution in [0.1, 0.15) is 30.4 Å². The largest absolute Gasteiger partial charge is 0.359 e. The van der Waals surface area contributed by atoms with Gasteiger partial charge in [-0.15, -0.1) is 0 Å². The average Bonchev–Trinajstić information content (AvgIpc) is 2.39. The molecule has 0 spiro atoms. The lowest BCUT2D eigenvalue weighted by Gasteiger charge is -2.31. The Hall–Kier alpha value is -1.42. The van der Waals surface area contributed by atoms with Crippen LogP contribution < -0.4 is 5.32 Å². The molecule has 0 atom stereocenters. The van der Waals surface area contributed by atoms with Crippen LogP contribution in [-0.4, -0.2) is 30.9 Å². The molecule has 1 aliphatic heterocycles. The number of hydrogen-bond donors (Lipinski definition) is 1. The summed E-state index contributed by atoms with van der Waals surface area (Å²) in [4.78, 5) is 13.7. The fraction of sp³-hybridized carbons (Fsp3) is 0.562. The normalized spacial score (nSPS) is 17.1. The van der Waals surface area contributed by atoms with Gasteiger partial charge in [-0.3, -0.25) is 9.69 Å². The Balaban J connectivity index is 1.83. The Labute approximate surface area is 120 Å². The van der Waals surface area contributed by atoms with Crippen LogP contribution in [0.2, 0.25) is 0 Å². The van der Waals surface area contributed by atoms with E-state index in [1.807, 2.05) is 13.0 Å². The van der Waals surface area contributed by atoms with E-state index in [9.17, 15) is 9.18 Å². The third-order valence-electron chi connectivity index (χ3n) is 3.97. The molecule has 0 aliphatic carbocycles. The average molecular weight is 278 g/mol. The maximum absolute atomic E-state index is 13.4. The van der Waals surface area contributed by atoms with Crippen molar-refractivity contribution in [2.75, 3.05) is 20.1 Å². The Bertz CT molecular complexity index is 447. The van der Waals surface area contributed by atoms with Crippen LogP contribution >= 0.6 is 0 Å². The van der Waals surface area contributed by atoms with Gasteiger partial charge in [-0.25, -0.2) is 4.39 Å². The second kappa shape index (κ2) is 6.84. The van der Waals surface area contributed by atoms with Gasteiger partial charge in [0.2, 0.25) is 5.91 Å². The second-order valence-electron chi connectivity index (χ2n) is 5.73. The second-order valence-corrected chi connectivity index (χ2v) is 5.73. The summed E-state index contributed by atoms with van der Waals surface area (Å²) in [7, 11) is 1.68. The molecule has 1 N–H and O–H groups in total. The van der Waals surface area contributed by atoms with Crippen LogP contribution in [0.15, 0.2) is 18.2 Å². The number of rotatable bonds is 4. The van der Waals surface area contributed by atoms with E-state index in [1.54, 1.807) is 19.2 Å². The van der Waals surface area contributed by atoms with Crippen molar-refractivity contribution in [3.8, 4) is 0 Å². The maximum Gasteiger partial charge on any atom is 0.220 e. The molecule has 1 heterocycles. The van der Waals surface area contributed by atoms with Gasteiger partial charge in [0.15, 0.2) is 0 Å². The van der Waals surface area contributed by atoms with E-state index in [4.69, 9.17) is 0 Å². The molecule has 4 heteroatoms. The predicted molar refractivity (Wildman–Crippen MR) is 77.8 cm³/mol. The first-order valence-electron chi connectivity index (χ1n) is 7.26. The number of nitrogens with one attached hydrogen (secondary N) is 1. The Morgan fingerprint density at radius 3 is 2.65 bits per heavy atom. The fourth-order valence-electron chi connectivity index (χ4n) is 2.87. The van der Waals surface area contributed by atoms with Crippen molar-refractivity contribution in [2.24, 2.45) is 5.92 Å². The lowest BCUT2D eigenvalue weighted by molar-refractivity contribution is -0.121. The summed E-state index contributed by atoms with van der Waals surface area (Å²) in [6, 6.07) is 5.21. The van der Waals surface area contributed by atoms with Gasteiger partial charge in [0.1, 0.15) is 5.82 Å². The molecule has 0 saturated carbocycles. The number of nitrogens with zero attached hydrogens (tertiary/aromatic N) is 1. The van der Waals surface area contributed by atoms with Gasteiger partial charge in [0, 0.05) is 20.0 Å². The monoisotopic (exact) mass is 278 g/mol. The summed E-state index contributed by atoms with van der Waals surface area (Å²) in [5.41, 5.74) is 2.00. The zero-order chi connectivity index (χ0) is 14.5. The quantitative estimate of drug-likeness (QED) is 0.917. The summed E-state index contributed by atoms with van der Waals surface area (Å²) < 4.78 is 13.4. The predicted octanol–water partition coefficient (Wildman–Crippen LogP) is 2.48. The number of likely N-dealkylation sites (tertiary alicyclic amines) is 1. The minimum absolute atomic E-state index is 0.129. The Kier molecular flexibility index (Phi) is 5.12. The fourth-order valence-corrected chi connectivity index (χ4v) is 2.87. The number of carbonyl (C=O) groups excluding carboxylic acids is 1. The van der Waals surface area contributed by atoms with E-state index in [-0.39, 0.29) is 11.7 Å². The molecule has 110 valence electrons. The van der Waals surface area contributed by atoms with Gasteiger partial charge >= 0.3 is 0 Å². The number of amides is 1. The number of carbonyl (C=O) groups is 1. The summed E-state index contributed by atoms with van der Waals surface area (Å²) in [6.07, 6.45) is 2.72. The van der Waals surface area contributed by atoms with Crippen molar-refractivity contribution in [2.45, 2.75) is 32.7 Å². The third-order valence-corrected chi connectivity index (χ3v) is 3.97. The number of aryl methyl sites for hydroxylation is 1. The van der Waals surface area contributed by atoms with E-state index in [1.165, 1.54) is 0 Å². The number of hydrogen-bond acceptors (Lipinski definition) is 2. The van der Waals surface area contributed by atoms with Gasteiger partial charge in [-0.2, -0.15) is 0 Å². The van der Waals surface area contributed by atoms with Gasteiger partial charge < -0.3 is 5.32 Å². The molecule has 1 saturated heterocycles. The minimum Gasteiger partial charge on any atom is -0.359 e. The lowest BCUT2D eigenvalue weighted by Crippen LogP contribution is -2.35. The summed E-state index contributed by atoms with van der Waals surface area (Å²) in [5, 5.41) is 2.68. The highest BCUT2D eigenvalue weighted by molar-refractivity contribution is 5.75. The molecule has 1 amide bonds. The summed E-state index contributed by atoms with van der Waals surface area (Å²) in [6.45, 7) is 4.68. The highest BCUT2D eigenvalue weighted by Gasteiger charge is 2.21. The lowest BCUT2D eigenvalue weighted by atomic mass is 9.93. The zero-order valence-electron chi connectivity index (χ0n) is 12.3. The van der Waals surface area contributed by atoms with Crippen LogP contribution in [0, 0.1) is 18.7 Å². The Morgan fingerprint density at radius 1 is 1.35 bits per heavy atom. The first-order chi connectivity index (χ1) is 9.56. The molecule has 1 aromatic rings. The molecule has 1 aliphatic rings. The van der Waals surface area contributed by atoms with Crippen molar-refractivity contribution >= 4 is 5.91 Å². The molecule has 1 fully saturated rings. The van der Waals surface area contributed by atoms with Crippen LogP contribution in [0.4, 0.5) is 4.39 Å². The first-order valence-corrected chi connectivity index (χ1v) is 7.26. The summed E-state index contributed by atoms with van der Waals surface area (Å²) in [5.74, 6) is 0.458. The third kappa shape index (κ3) is 4.30. The molecule has 0 radical (unpaired) electrons. The highest BCUT2D eigenvalue weighted by Crippen LogP contribution is 2.22. The molecule has 0 unspecified atom stereocenters. The smallest absolute Gasteiger partial charge is 0.220 e. The SMILES string of the molecule is CNC(=O)CC1CCN(Cc2cc(C)cc(F)c2)CC1. The number of benzene rings is 1. The molecule has 3 nitrogen and oxygen atoms in total. The van der Waals surface area contributed by atoms with Crippen molar-refractivity contribution < 1.29 is 9.18 Å². The Morgan fingerprint density at radius 2 is 2.05 bits per heavy atom. The molecule has 2 rings (SSSR count). The summed E-state index contributed by atoms with van der Waals surface area (Å²) >= 11 is 0. The minimum atomic E-state index is -0.158. The van der Waals surface area contributed by atoms with Gasteiger partial charge in [0.25, 0.3) is 0 Å². The molecule has 20 heavy (non-hydrogen) atoms. The zero-order valence-corrected chi connectivity index (χ0v) is 12.3. The van der Waals surface area contributed by atoms with Crippen molar-refractivity contribution in [3.63, 3.8) is 0 Å². The van der Waals surface area contributed by atoms with E-state index in [0.717, 1.165) is 43.6 Å². The van der Waals surface area contributed by atoms with Crippen molar-refractivity contribution in [1.82, 2.24) is 10.2 Å². The topological polar surface area (TPSA) is 32.3 Å². The molecule has 0 aromatic heterocycles. The van der Waals surface area contributed by atoms with Crippen molar-refractivity contribution in [3.05, 3.63) is 35.1 Å². The molecular formula is C16H23FN2O. The van der Waals surface area contributed by atoms with E-state index in [0.29, 0.717) is 12.3 Å². The van der Waals surface area contributed by atoms with Crippen LogP contribution in [0.5, 0.6) is 0 Å². The molecule has 1 aromatic carbocycles. The highest BCUT2D eigenvalue weighted by atomic mass is 19.1. The molecular weight excluding hydrogens is 255 g/mol. The van der Waals surface area contributed by atoms with Crippen LogP contribution in [0.25, 0.3) is 0 Å². The van der Waals surface area contributed by atoms with E-state index < -0.39 is 0 Å². The van der Waals surface area contributed by atoms with Crippen molar-refractivity contribution in [1.29, 1.82) is 0 Å². The number of halogens is 1. The van der Waals surface area contributed by atoms with Gasteiger partial charge in [-0.05, 0) is 62.0 Å². The number of piperidine rings is 1.